The van der Waals surface area contributed by atoms with Gasteiger partial charge >= 0.3 is 0 Å². The Bertz CT molecular complexity index is 735. The lowest BCUT2D eigenvalue weighted by Crippen LogP contribution is -2.37. The number of amides is 2. The largest absolute Gasteiger partial charge is 0.358 e. The number of nitrogens with one attached hydrogen (secondary N) is 1. The van der Waals surface area contributed by atoms with Gasteiger partial charge in [0, 0.05) is 49.2 Å². The van der Waals surface area contributed by atoms with Crippen molar-refractivity contribution in [1.29, 1.82) is 0 Å². The Morgan fingerprint density at radius 2 is 1.78 bits per heavy atom. The summed E-state index contributed by atoms with van der Waals surface area (Å²) < 4.78 is 0. The molecule has 0 aliphatic carbocycles. The summed E-state index contributed by atoms with van der Waals surface area (Å²) in [5.41, 5.74) is 2.66. The van der Waals surface area contributed by atoms with Gasteiger partial charge in [-0.1, -0.05) is 25.1 Å². The van der Waals surface area contributed by atoms with Gasteiger partial charge in [0.2, 0.25) is 5.91 Å². The molecule has 23 heavy (non-hydrogen) atoms. The van der Waals surface area contributed by atoms with E-state index in [-0.39, 0.29) is 11.8 Å². The number of rotatable bonds is 2. The smallest absolute Gasteiger partial charge is 0.256 e. The maximum absolute atomic E-state index is 13.0. The second-order valence-corrected chi connectivity index (χ2v) is 6.05. The van der Waals surface area contributed by atoms with Crippen LogP contribution in [-0.2, 0) is 4.79 Å². The van der Waals surface area contributed by atoms with Crippen LogP contribution in [0.5, 0.6) is 0 Å². The SMILES string of the molecule is CCC(=O)N1CCCN(C(=O)c2c(C)[nH]c3ccccc23)CC1. The average molecular weight is 313 g/mol. The number of nitrogens with zero attached hydrogens (tertiary/aromatic N) is 2. The van der Waals surface area contributed by atoms with E-state index in [2.05, 4.69) is 4.98 Å². The molecule has 1 fully saturated rings. The molecule has 1 aliphatic heterocycles. The van der Waals surface area contributed by atoms with Gasteiger partial charge in [0.15, 0.2) is 0 Å². The number of aromatic nitrogens is 1. The molecule has 2 amide bonds. The molecule has 0 unspecified atom stereocenters. The first-order chi connectivity index (χ1) is 11.1. The molecule has 0 atom stereocenters. The third-order valence-corrected chi connectivity index (χ3v) is 4.55. The summed E-state index contributed by atoms with van der Waals surface area (Å²) >= 11 is 0. The zero-order valence-electron chi connectivity index (χ0n) is 13.8. The quantitative estimate of drug-likeness (QED) is 0.926. The van der Waals surface area contributed by atoms with Crippen LogP contribution in [0.1, 0.15) is 35.8 Å². The van der Waals surface area contributed by atoms with Gasteiger partial charge in [-0.3, -0.25) is 9.59 Å². The number of fused-ring (bicyclic) bond motifs is 1. The van der Waals surface area contributed by atoms with Gasteiger partial charge in [-0.15, -0.1) is 0 Å². The standard InChI is InChI=1S/C18H23N3O2/c1-3-16(22)20-9-6-10-21(12-11-20)18(23)17-13(2)19-15-8-5-4-7-14(15)17/h4-5,7-8,19H,3,6,9-12H2,1-2H3. The Hall–Kier alpha value is -2.30. The summed E-state index contributed by atoms with van der Waals surface area (Å²) in [4.78, 5) is 31.9. The van der Waals surface area contributed by atoms with Crippen LogP contribution in [0.2, 0.25) is 0 Å². The third-order valence-electron chi connectivity index (χ3n) is 4.55. The molecule has 1 saturated heterocycles. The highest BCUT2D eigenvalue weighted by Crippen LogP contribution is 2.23. The highest BCUT2D eigenvalue weighted by molar-refractivity contribution is 6.08. The summed E-state index contributed by atoms with van der Waals surface area (Å²) in [5.74, 6) is 0.230. The number of benzene rings is 1. The van der Waals surface area contributed by atoms with E-state index in [1.807, 2.05) is 47.9 Å². The van der Waals surface area contributed by atoms with Crippen LogP contribution in [0.4, 0.5) is 0 Å². The van der Waals surface area contributed by atoms with Gasteiger partial charge < -0.3 is 14.8 Å². The molecule has 2 heterocycles. The first-order valence-corrected chi connectivity index (χ1v) is 8.26. The lowest BCUT2D eigenvalue weighted by atomic mass is 10.1. The molecule has 5 heteroatoms. The second kappa shape index (κ2) is 6.44. The highest BCUT2D eigenvalue weighted by atomic mass is 16.2. The number of carbonyl (C=O) groups excluding carboxylic acids is 2. The molecule has 0 saturated carbocycles. The van der Waals surface area contributed by atoms with Crippen molar-refractivity contribution < 1.29 is 9.59 Å². The lowest BCUT2D eigenvalue weighted by Gasteiger charge is -2.22. The molecule has 0 spiro atoms. The van der Waals surface area contributed by atoms with Crippen LogP contribution in [0.25, 0.3) is 10.9 Å². The molecule has 2 aromatic rings. The van der Waals surface area contributed by atoms with E-state index in [9.17, 15) is 9.59 Å². The molecular weight excluding hydrogens is 290 g/mol. The molecule has 0 bridgehead atoms. The monoisotopic (exact) mass is 313 g/mol. The van der Waals surface area contributed by atoms with Gasteiger partial charge in [-0.25, -0.2) is 0 Å². The van der Waals surface area contributed by atoms with Gasteiger partial charge in [-0.05, 0) is 19.4 Å². The van der Waals surface area contributed by atoms with Crippen molar-refractivity contribution in [1.82, 2.24) is 14.8 Å². The topological polar surface area (TPSA) is 56.4 Å². The van der Waals surface area contributed by atoms with E-state index in [1.165, 1.54) is 0 Å². The van der Waals surface area contributed by atoms with Crippen LogP contribution in [0.15, 0.2) is 24.3 Å². The first kappa shape index (κ1) is 15.6. The maximum atomic E-state index is 13.0. The molecule has 3 rings (SSSR count). The minimum atomic E-state index is 0.0609. The normalized spacial score (nSPS) is 15.7. The van der Waals surface area contributed by atoms with Crippen molar-refractivity contribution in [3.63, 3.8) is 0 Å². The fourth-order valence-corrected chi connectivity index (χ4v) is 3.30. The first-order valence-electron chi connectivity index (χ1n) is 8.26. The van der Waals surface area contributed by atoms with Crippen LogP contribution >= 0.6 is 0 Å². The van der Waals surface area contributed by atoms with Crippen LogP contribution < -0.4 is 0 Å². The Labute approximate surface area is 136 Å². The van der Waals surface area contributed by atoms with Gasteiger partial charge in [0.25, 0.3) is 5.91 Å². The van der Waals surface area contributed by atoms with Gasteiger partial charge in [-0.2, -0.15) is 0 Å². The van der Waals surface area contributed by atoms with Crippen molar-refractivity contribution in [3.8, 4) is 0 Å². The summed E-state index contributed by atoms with van der Waals surface area (Å²) in [6.07, 6.45) is 1.36. The molecule has 122 valence electrons. The molecule has 1 aromatic carbocycles. The molecular formula is C18H23N3O2. The second-order valence-electron chi connectivity index (χ2n) is 6.05. The molecule has 0 radical (unpaired) electrons. The number of carbonyl (C=O) groups is 2. The minimum Gasteiger partial charge on any atom is -0.358 e. The van der Waals surface area contributed by atoms with Crippen molar-refractivity contribution in [3.05, 3.63) is 35.5 Å². The number of H-pyrrole nitrogens is 1. The molecule has 1 aromatic heterocycles. The average Bonchev–Trinajstić information content (AvgIpc) is 2.74. The van der Waals surface area contributed by atoms with Gasteiger partial charge in [0.1, 0.15) is 0 Å². The Morgan fingerprint density at radius 1 is 1.09 bits per heavy atom. The Morgan fingerprint density at radius 3 is 2.57 bits per heavy atom. The van der Waals surface area contributed by atoms with Crippen molar-refractivity contribution in [2.75, 3.05) is 26.2 Å². The van der Waals surface area contributed by atoms with E-state index >= 15 is 0 Å². The van der Waals surface area contributed by atoms with E-state index in [0.29, 0.717) is 26.1 Å². The van der Waals surface area contributed by atoms with Crippen LogP contribution in [0.3, 0.4) is 0 Å². The van der Waals surface area contributed by atoms with E-state index < -0.39 is 0 Å². The Balaban J connectivity index is 1.82. The lowest BCUT2D eigenvalue weighted by molar-refractivity contribution is -0.130. The third kappa shape index (κ3) is 2.96. The number of hydrogen-bond acceptors (Lipinski definition) is 2. The predicted molar refractivity (Wildman–Crippen MR) is 90.4 cm³/mol. The van der Waals surface area contributed by atoms with Crippen molar-refractivity contribution in [2.24, 2.45) is 0 Å². The summed E-state index contributed by atoms with van der Waals surface area (Å²) in [7, 11) is 0. The van der Waals surface area contributed by atoms with Gasteiger partial charge in [0.05, 0.1) is 5.56 Å². The molecule has 5 nitrogen and oxygen atoms in total. The fourth-order valence-electron chi connectivity index (χ4n) is 3.30. The Kier molecular flexibility index (Phi) is 4.37. The number of para-hydroxylation sites is 1. The molecule has 1 aliphatic rings. The summed E-state index contributed by atoms with van der Waals surface area (Å²) in [6, 6.07) is 7.89. The fraction of sp³-hybridized carbons (Fsp3) is 0.444. The van der Waals surface area contributed by atoms with Crippen LogP contribution in [0, 0.1) is 6.92 Å². The number of hydrogen-bond donors (Lipinski definition) is 1. The van der Waals surface area contributed by atoms with Crippen molar-refractivity contribution >= 4 is 22.7 Å². The maximum Gasteiger partial charge on any atom is 0.256 e. The van der Waals surface area contributed by atoms with E-state index in [0.717, 1.165) is 35.1 Å². The summed E-state index contributed by atoms with van der Waals surface area (Å²) in [6.45, 7) is 6.49. The predicted octanol–water partition coefficient (Wildman–Crippen LogP) is 2.56. The number of aryl methyl sites for hydroxylation is 1. The highest BCUT2D eigenvalue weighted by Gasteiger charge is 2.25. The summed E-state index contributed by atoms with van der Waals surface area (Å²) in [5, 5.41) is 0.973. The van der Waals surface area contributed by atoms with E-state index in [1.54, 1.807) is 0 Å². The zero-order chi connectivity index (χ0) is 16.4. The minimum absolute atomic E-state index is 0.0609. The van der Waals surface area contributed by atoms with Crippen molar-refractivity contribution in [2.45, 2.75) is 26.7 Å². The van der Waals surface area contributed by atoms with E-state index in [4.69, 9.17) is 0 Å². The number of aromatic amines is 1. The van der Waals surface area contributed by atoms with Crippen LogP contribution in [-0.4, -0.2) is 52.8 Å². The zero-order valence-corrected chi connectivity index (χ0v) is 13.8. The molecule has 1 N–H and O–H groups in total.